The maximum atomic E-state index is 12.8. The molecule has 2 aliphatic heterocycles. The van der Waals surface area contributed by atoms with Crippen molar-refractivity contribution in [2.75, 3.05) is 33.3 Å². The first kappa shape index (κ1) is 17.2. The number of hydrogen-bond acceptors (Lipinski definition) is 3. The lowest BCUT2D eigenvalue weighted by Crippen LogP contribution is -2.46. The maximum absolute atomic E-state index is 12.8. The van der Waals surface area contributed by atoms with Crippen molar-refractivity contribution in [1.82, 2.24) is 9.80 Å². The number of likely N-dealkylation sites (N-methyl/N-ethyl adjacent to an activating group) is 1. The number of alkyl halides is 3. The molecule has 2 aliphatic rings. The standard InChI is InChI=1S/C17H21F3N2O2/c1-21-9-13-10-22(6-5-15(13)24-11-16(21)23)8-12-3-2-4-14(7-12)17(18,19)20/h2-4,7,13,15H,5-6,8-11H2,1H3/t13-,15-/m0/s1. The SMILES string of the molecule is CN1C[C@H]2CN(Cc3cccc(C(F)(F)F)c3)CC[C@@H]2OCC1=O. The molecule has 2 heterocycles. The van der Waals surface area contributed by atoms with Gasteiger partial charge in [-0.3, -0.25) is 9.69 Å². The van der Waals surface area contributed by atoms with E-state index in [2.05, 4.69) is 4.90 Å². The Hall–Kier alpha value is -1.60. The highest BCUT2D eigenvalue weighted by atomic mass is 19.4. The van der Waals surface area contributed by atoms with Gasteiger partial charge in [-0.1, -0.05) is 18.2 Å². The van der Waals surface area contributed by atoms with Crippen molar-refractivity contribution in [3.63, 3.8) is 0 Å². The third-order valence-electron chi connectivity index (χ3n) is 4.76. The van der Waals surface area contributed by atoms with Crippen molar-refractivity contribution in [3.8, 4) is 0 Å². The van der Waals surface area contributed by atoms with E-state index in [1.165, 1.54) is 12.1 Å². The second-order valence-corrected chi connectivity index (χ2v) is 6.61. The summed E-state index contributed by atoms with van der Waals surface area (Å²) in [4.78, 5) is 15.6. The molecule has 0 spiro atoms. The minimum Gasteiger partial charge on any atom is -0.368 e. The summed E-state index contributed by atoms with van der Waals surface area (Å²) in [6.45, 7) is 2.70. The number of nitrogens with zero attached hydrogens (tertiary/aromatic N) is 2. The van der Waals surface area contributed by atoms with E-state index in [4.69, 9.17) is 4.74 Å². The van der Waals surface area contributed by atoms with E-state index >= 15 is 0 Å². The third kappa shape index (κ3) is 3.89. The molecule has 1 aromatic carbocycles. The summed E-state index contributed by atoms with van der Waals surface area (Å²) in [5, 5.41) is 0. The lowest BCUT2D eigenvalue weighted by Gasteiger charge is -2.37. The Balaban J connectivity index is 1.66. The number of amides is 1. The normalized spacial score (nSPS) is 26.2. The van der Waals surface area contributed by atoms with Gasteiger partial charge >= 0.3 is 6.18 Å². The van der Waals surface area contributed by atoms with Gasteiger partial charge < -0.3 is 9.64 Å². The molecule has 0 aliphatic carbocycles. The second-order valence-electron chi connectivity index (χ2n) is 6.61. The first-order chi connectivity index (χ1) is 11.3. The molecule has 0 unspecified atom stereocenters. The van der Waals surface area contributed by atoms with Crippen LogP contribution in [0.3, 0.4) is 0 Å². The molecule has 132 valence electrons. The Morgan fingerprint density at radius 3 is 2.83 bits per heavy atom. The summed E-state index contributed by atoms with van der Waals surface area (Å²) >= 11 is 0. The Morgan fingerprint density at radius 1 is 1.29 bits per heavy atom. The topological polar surface area (TPSA) is 32.8 Å². The third-order valence-corrected chi connectivity index (χ3v) is 4.76. The first-order valence-corrected chi connectivity index (χ1v) is 8.07. The molecule has 0 aromatic heterocycles. The van der Waals surface area contributed by atoms with Crippen molar-refractivity contribution in [2.24, 2.45) is 5.92 Å². The Labute approximate surface area is 139 Å². The van der Waals surface area contributed by atoms with Crippen LogP contribution in [-0.2, 0) is 22.3 Å². The largest absolute Gasteiger partial charge is 0.416 e. The Kier molecular flexibility index (Phi) is 4.83. The van der Waals surface area contributed by atoms with Crippen LogP contribution in [0.1, 0.15) is 17.5 Å². The molecule has 2 saturated heterocycles. The molecule has 2 fully saturated rings. The van der Waals surface area contributed by atoms with Crippen molar-refractivity contribution in [3.05, 3.63) is 35.4 Å². The average molecular weight is 342 g/mol. The maximum Gasteiger partial charge on any atom is 0.416 e. The Bertz CT molecular complexity index is 606. The fourth-order valence-corrected chi connectivity index (χ4v) is 3.47. The summed E-state index contributed by atoms with van der Waals surface area (Å²) in [5.41, 5.74) is 0.0419. The zero-order valence-electron chi connectivity index (χ0n) is 13.6. The van der Waals surface area contributed by atoms with Gasteiger partial charge in [-0.15, -0.1) is 0 Å². The smallest absolute Gasteiger partial charge is 0.368 e. The number of likely N-dealkylation sites (tertiary alicyclic amines) is 1. The fraction of sp³-hybridized carbons (Fsp3) is 0.588. The predicted molar refractivity (Wildman–Crippen MR) is 82.2 cm³/mol. The number of halogens is 3. The number of hydrogen-bond donors (Lipinski definition) is 0. The highest BCUT2D eigenvalue weighted by Crippen LogP contribution is 2.30. The molecule has 7 heteroatoms. The first-order valence-electron chi connectivity index (χ1n) is 8.07. The number of carbonyl (C=O) groups is 1. The van der Waals surface area contributed by atoms with Crippen molar-refractivity contribution < 1.29 is 22.7 Å². The number of piperidine rings is 1. The van der Waals surface area contributed by atoms with Gasteiger partial charge in [0.1, 0.15) is 6.61 Å². The predicted octanol–water partition coefficient (Wildman–Crippen LogP) is 2.38. The lowest BCUT2D eigenvalue weighted by molar-refractivity contribution is -0.137. The van der Waals surface area contributed by atoms with Crippen LogP contribution in [0.5, 0.6) is 0 Å². The van der Waals surface area contributed by atoms with E-state index in [-0.39, 0.29) is 24.5 Å². The summed E-state index contributed by atoms with van der Waals surface area (Å²) < 4.78 is 44.2. The molecular formula is C17H21F3N2O2. The lowest BCUT2D eigenvalue weighted by atomic mass is 9.93. The molecule has 0 bridgehead atoms. The number of benzene rings is 1. The molecule has 0 radical (unpaired) electrons. The quantitative estimate of drug-likeness (QED) is 0.827. The van der Waals surface area contributed by atoms with Gasteiger partial charge in [0, 0.05) is 39.1 Å². The monoisotopic (exact) mass is 342 g/mol. The highest BCUT2D eigenvalue weighted by Gasteiger charge is 2.35. The van der Waals surface area contributed by atoms with Gasteiger partial charge in [-0.05, 0) is 18.1 Å². The molecule has 1 aromatic rings. The van der Waals surface area contributed by atoms with Crippen LogP contribution in [-0.4, -0.2) is 55.1 Å². The van der Waals surface area contributed by atoms with Crippen LogP contribution >= 0.6 is 0 Å². The molecule has 1 amide bonds. The molecule has 4 nitrogen and oxygen atoms in total. The number of fused-ring (bicyclic) bond motifs is 1. The molecule has 0 N–H and O–H groups in total. The zero-order valence-corrected chi connectivity index (χ0v) is 13.6. The minimum atomic E-state index is -4.32. The van der Waals surface area contributed by atoms with E-state index in [9.17, 15) is 18.0 Å². The second kappa shape index (κ2) is 6.72. The van der Waals surface area contributed by atoms with Gasteiger partial charge in [-0.25, -0.2) is 0 Å². The number of rotatable bonds is 2. The van der Waals surface area contributed by atoms with E-state index in [1.807, 2.05) is 0 Å². The van der Waals surface area contributed by atoms with Gasteiger partial charge in [0.15, 0.2) is 0 Å². The van der Waals surface area contributed by atoms with Gasteiger partial charge in [0.2, 0.25) is 5.91 Å². The molecular weight excluding hydrogens is 321 g/mol. The zero-order chi connectivity index (χ0) is 17.3. The van der Waals surface area contributed by atoms with Crippen molar-refractivity contribution >= 4 is 5.91 Å². The van der Waals surface area contributed by atoms with E-state index in [0.29, 0.717) is 18.7 Å². The summed E-state index contributed by atoms with van der Waals surface area (Å²) in [6.07, 6.45) is -3.47. The molecule has 24 heavy (non-hydrogen) atoms. The van der Waals surface area contributed by atoms with Crippen LogP contribution in [0, 0.1) is 5.92 Å². The summed E-state index contributed by atoms with van der Waals surface area (Å²) in [7, 11) is 1.76. The summed E-state index contributed by atoms with van der Waals surface area (Å²) in [5.74, 6) is 0.176. The number of carbonyl (C=O) groups excluding carboxylic acids is 1. The van der Waals surface area contributed by atoms with Crippen LogP contribution < -0.4 is 0 Å². The molecule has 2 atom stereocenters. The van der Waals surface area contributed by atoms with Gasteiger partial charge in [0.05, 0.1) is 11.7 Å². The number of ether oxygens (including phenoxy) is 1. The fourth-order valence-electron chi connectivity index (χ4n) is 3.47. The van der Waals surface area contributed by atoms with Crippen molar-refractivity contribution in [2.45, 2.75) is 25.2 Å². The van der Waals surface area contributed by atoms with Crippen LogP contribution in [0.2, 0.25) is 0 Å². The Morgan fingerprint density at radius 2 is 2.08 bits per heavy atom. The molecule has 3 rings (SSSR count). The van der Waals surface area contributed by atoms with Gasteiger partial charge in [0.25, 0.3) is 0 Å². The van der Waals surface area contributed by atoms with Crippen LogP contribution in [0.4, 0.5) is 13.2 Å². The molecule has 0 saturated carbocycles. The van der Waals surface area contributed by atoms with Crippen LogP contribution in [0.25, 0.3) is 0 Å². The highest BCUT2D eigenvalue weighted by molar-refractivity contribution is 5.77. The van der Waals surface area contributed by atoms with E-state index < -0.39 is 11.7 Å². The van der Waals surface area contributed by atoms with Crippen LogP contribution in [0.15, 0.2) is 24.3 Å². The van der Waals surface area contributed by atoms with Crippen molar-refractivity contribution in [1.29, 1.82) is 0 Å². The summed E-state index contributed by atoms with van der Waals surface area (Å²) in [6, 6.07) is 5.48. The average Bonchev–Trinajstić information content (AvgIpc) is 2.66. The van der Waals surface area contributed by atoms with E-state index in [1.54, 1.807) is 18.0 Å². The van der Waals surface area contributed by atoms with E-state index in [0.717, 1.165) is 25.6 Å². The minimum absolute atomic E-state index is 0.0196. The van der Waals surface area contributed by atoms with Gasteiger partial charge in [-0.2, -0.15) is 13.2 Å².